The minimum Gasteiger partial charge on any atom is -0.383 e. The van der Waals surface area contributed by atoms with Gasteiger partial charge in [-0.25, -0.2) is 4.79 Å². The fourth-order valence-electron chi connectivity index (χ4n) is 2.39. The van der Waals surface area contributed by atoms with E-state index in [-0.39, 0.29) is 11.7 Å². The van der Waals surface area contributed by atoms with Crippen molar-refractivity contribution in [2.45, 2.75) is 24.7 Å². The smallest absolute Gasteiger partial charge is 0.383 e. The van der Waals surface area contributed by atoms with Gasteiger partial charge in [0.25, 0.3) is 0 Å². The van der Waals surface area contributed by atoms with E-state index in [1.807, 2.05) is 0 Å². The molecule has 2 N–H and O–H groups in total. The Bertz CT molecular complexity index is 735. The Kier molecular flexibility index (Phi) is 5.83. The van der Waals surface area contributed by atoms with Gasteiger partial charge in [-0.3, -0.25) is 9.13 Å². The molecule has 8 nitrogen and oxygen atoms in total. The highest BCUT2D eigenvalue weighted by molar-refractivity contribution is 7.58. The van der Waals surface area contributed by atoms with E-state index in [0.717, 1.165) is 20.3 Å². The fourth-order valence-corrected chi connectivity index (χ4v) is 3.55. The van der Waals surface area contributed by atoms with Gasteiger partial charge in [0.15, 0.2) is 0 Å². The van der Waals surface area contributed by atoms with Gasteiger partial charge in [0, 0.05) is 20.4 Å². The molecular formula is C13H18ClFN3O5P. The standard InChI is InChI=1S/C13H18ClFN3O5P/c1-21-24(20,22-2)9(15)7-13(8-14)5-3-11(23-13)18-6-4-10(16)17-12(18)19/h4,6-7,11H,3,5,8H2,1-2H3,(H2,16,17,19)/b9-7-/t11-,13+/m1/s1. The van der Waals surface area contributed by atoms with Crippen LogP contribution in [0.3, 0.4) is 0 Å². The number of halogens is 2. The molecule has 11 heteroatoms. The summed E-state index contributed by atoms with van der Waals surface area (Å²) >= 11 is 5.93. The largest absolute Gasteiger partial charge is 0.388 e. The first-order chi connectivity index (χ1) is 11.3. The SMILES string of the molecule is COP(=O)(OC)/C(F)=C\[C@]1(CCl)CC[C@H](n2ccc(N)nc2=O)O1. The number of alkyl halides is 1. The molecule has 0 amide bonds. The summed E-state index contributed by atoms with van der Waals surface area (Å²) in [7, 11) is -1.88. The van der Waals surface area contributed by atoms with E-state index in [1.165, 1.54) is 16.8 Å². The molecule has 0 spiro atoms. The van der Waals surface area contributed by atoms with E-state index in [4.69, 9.17) is 22.1 Å². The number of nitrogens with zero attached hydrogens (tertiary/aromatic N) is 2. The van der Waals surface area contributed by atoms with Gasteiger partial charge in [0.1, 0.15) is 17.6 Å². The summed E-state index contributed by atoms with van der Waals surface area (Å²) in [5.41, 5.74) is 2.51. The summed E-state index contributed by atoms with van der Waals surface area (Å²) in [5.74, 6) is -0.0217. The van der Waals surface area contributed by atoms with Gasteiger partial charge in [-0.15, -0.1) is 11.6 Å². The van der Waals surface area contributed by atoms with E-state index >= 15 is 0 Å². The summed E-state index contributed by atoms with van der Waals surface area (Å²) < 4.78 is 42.6. The third kappa shape index (κ3) is 3.70. The summed E-state index contributed by atoms with van der Waals surface area (Å²) in [6.07, 6.45) is 2.42. The molecule has 134 valence electrons. The van der Waals surface area contributed by atoms with Gasteiger partial charge in [-0.05, 0) is 25.0 Å². The Morgan fingerprint density at radius 2 is 2.33 bits per heavy atom. The second-order valence-electron chi connectivity index (χ2n) is 5.18. The number of nitrogen functional groups attached to an aromatic ring is 1. The molecule has 0 radical (unpaired) electrons. The molecule has 24 heavy (non-hydrogen) atoms. The first-order valence-electron chi connectivity index (χ1n) is 6.98. The lowest BCUT2D eigenvalue weighted by Crippen LogP contribution is -2.32. The van der Waals surface area contributed by atoms with Crippen molar-refractivity contribution in [3.05, 3.63) is 34.4 Å². The van der Waals surface area contributed by atoms with Crippen molar-refractivity contribution in [2.75, 3.05) is 25.8 Å². The maximum atomic E-state index is 14.3. The molecule has 0 aliphatic carbocycles. The molecule has 2 atom stereocenters. The third-order valence-electron chi connectivity index (χ3n) is 3.70. The summed E-state index contributed by atoms with van der Waals surface area (Å²) in [6, 6.07) is 1.45. The average molecular weight is 382 g/mol. The van der Waals surface area contributed by atoms with Crippen LogP contribution in [0.1, 0.15) is 19.1 Å². The number of anilines is 1. The summed E-state index contributed by atoms with van der Waals surface area (Å²) in [4.78, 5) is 15.5. The number of nitrogens with two attached hydrogens (primary N) is 1. The fraction of sp³-hybridized carbons (Fsp3) is 0.538. The lowest BCUT2D eigenvalue weighted by atomic mass is 10.0. The van der Waals surface area contributed by atoms with Gasteiger partial charge < -0.3 is 19.5 Å². The zero-order valence-corrected chi connectivity index (χ0v) is 14.8. The molecule has 0 bridgehead atoms. The lowest BCUT2D eigenvalue weighted by Gasteiger charge is -2.25. The Morgan fingerprint density at radius 3 is 2.88 bits per heavy atom. The van der Waals surface area contributed by atoms with E-state index in [9.17, 15) is 13.8 Å². The Morgan fingerprint density at radius 1 is 1.67 bits per heavy atom. The van der Waals surface area contributed by atoms with Crippen molar-refractivity contribution < 1.29 is 22.7 Å². The average Bonchev–Trinajstić information content (AvgIpc) is 2.98. The van der Waals surface area contributed by atoms with Crippen molar-refractivity contribution in [1.82, 2.24) is 9.55 Å². The molecule has 1 fully saturated rings. The third-order valence-corrected chi connectivity index (χ3v) is 5.76. The maximum absolute atomic E-state index is 14.3. The zero-order valence-electron chi connectivity index (χ0n) is 13.1. The van der Waals surface area contributed by atoms with Crippen LogP contribution in [0.5, 0.6) is 0 Å². The molecule has 0 aromatic carbocycles. The first kappa shape index (κ1) is 19.1. The van der Waals surface area contributed by atoms with Crippen molar-refractivity contribution in [1.29, 1.82) is 0 Å². The Hall–Kier alpha value is -1.25. The summed E-state index contributed by atoms with van der Waals surface area (Å²) in [6.45, 7) is 0. The minimum atomic E-state index is -4.03. The van der Waals surface area contributed by atoms with Gasteiger partial charge in [-0.2, -0.15) is 9.37 Å². The van der Waals surface area contributed by atoms with Crippen LogP contribution in [-0.2, 0) is 18.3 Å². The van der Waals surface area contributed by atoms with E-state index in [0.29, 0.717) is 12.8 Å². The van der Waals surface area contributed by atoms with Crippen molar-refractivity contribution in [3.8, 4) is 0 Å². The van der Waals surface area contributed by atoms with Gasteiger partial charge in [0.2, 0.25) is 5.57 Å². The highest BCUT2D eigenvalue weighted by Crippen LogP contribution is 2.56. The van der Waals surface area contributed by atoms with Crippen molar-refractivity contribution >= 4 is 25.0 Å². The highest BCUT2D eigenvalue weighted by Gasteiger charge is 2.42. The topological polar surface area (TPSA) is 106 Å². The minimum absolute atomic E-state index is 0.0879. The molecule has 0 unspecified atom stereocenters. The second-order valence-corrected chi connectivity index (χ2v) is 7.60. The van der Waals surface area contributed by atoms with Crippen LogP contribution in [0.25, 0.3) is 0 Å². The number of hydrogen-bond donors (Lipinski definition) is 1. The van der Waals surface area contributed by atoms with E-state index < -0.39 is 30.7 Å². The van der Waals surface area contributed by atoms with Crippen LogP contribution >= 0.6 is 19.2 Å². The van der Waals surface area contributed by atoms with Crippen LogP contribution in [-0.4, -0.2) is 35.3 Å². The zero-order chi connectivity index (χ0) is 18.0. The molecular weight excluding hydrogens is 364 g/mol. The molecule has 1 aromatic rings. The normalized spacial score (nSPS) is 25.2. The van der Waals surface area contributed by atoms with Gasteiger partial charge in [0.05, 0.1) is 5.88 Å². The molecule has 1 saturated heterocycles. The van der Waals surface area contributed by atoms with Crippen LogP contribution < -0.4 is 11.4 Å². The number of ether oxygens (including phenoxy) is 1. The second kappa shape index (κ2) is 7.33. The predicted molar refractivity (Wildman–Crippen MR) is 86.5 cm³/mol. The quantitative estimate of drug-likeness (QED) is 0.595. The number of rotatable bonds is 6. The molecule has 1 aliphatic rings. The molecule has 2 rings (SSSR count). The van der Waals surface area contributed by atoms with Crippen LogP contribution in [0.4, 0.5) is 10.2 Å². The van der Waals surface area contributed by atoms with E-state index in [2.05, 4.69) is 14.0 Å². The van der Waals surface area contributed by atoms with Crippen LogP contribution in [0.2, 0.25) is 0 Å². The lowest BCUT2D eigenvalue weighted by molar-refractivity contribution is -0.0336. The van der Waals surface area contributed by atoms with Crippen molar-refractivity contribution in [3.63, 3.8) is 0 Å². The van der Waals surface area contributed by atoms with Crippen molar-refractivity contribution in [2.24, 2.45) is 0 Å². The maximum Gasteiger partial charge on any atom is 0.388 e. The van der Waals surface area contributed by atoms with Crippen LogP contribution in [0, 0.1) is 0 Å². The highest BCUT2D eigenvalue weighted by atomic mass is 35.5. The van der Waals surface area contributed by atoms with Gasteiger partial charge in [-0.1, -0.05) is 0 Å². The predicted octanol–water partition coefficient (Wildman–Crippen LogP) is 2.41. The Balaban J connectivity index is 2.30. The number of hydrogen-bond acceptors (Lipinski definition) is 7. The Labute approximate surface area is 142 Å². The molecule has 1 aliphatic heterocycles. The summed E-state index contributed by atoms with van der Waals surface area (Å²) in [5, 5.41) is 0. The van der Waals surface area contributed by atoms with Gasteiger partial charge >= 0.3 is 13.3 Å². The van der Waals surface area contributed by atoms with Crippen LogP contribution in [0.15, 0.2) is 28.7 Å². The molecule has 1 aromatic heterocycles. The monoisotopic (exact) mass is 381 g/mol. The molecule has 0 saturated carbocycles. The van der Waals surface area contributed by atoms with E-state index in [1.54, 1.807) is 0 Å². The number of aromatic nitrogens is 2. The molecule has 2 heterocycles. The first-order valence-corrected chi connectivity index (χ1v) is 9.06.